The van der Waals surface area contributed by atoms with Crippen LogP contribution in [0.1, 0.15) is 56.5 Å². The maximum Gasteiger partial charge on any atom is 0.118 e. The SMILES string of the molecule is C[C@@H]1C[C@H]1c1ccc(CN2CCC(OC[C@H]3CCCO3)CC2)o1. The molecule has 0 amide bonds. The fourth-order valence-electron chi connectivity index (χ4n) is 3.87. The maximum atomic E-state index is 6.05. The summed E-state index contributed by atoms with van der Waals surface area (Å²) in [5.41, 5.74) is 0. The van der Waals surface area contributed by atoms with Crippen LogP contribution in [0, 0.1) is 5.92 Å². The normalized spacial score (nSPS) is 32.5. The van der Waals surface area contributed by atoms with Crippen LogP contribution in [0.3, 0.4) is 0 Å². The Kier molecular flexibility index (Phi) is 4.74. The fourth-order valence-corrected chi connectivity index (χ4v) is 3.87. The Morgan fingerprint density at radius 2 is 2.04 bits per heavy atom. The van der Waals surface area contributed by atoms with Gasteiger partial charge >= 0.3 is 0 Å². The molecule has 2 saturated heterocycles. The van der Waals surface area contributed by atoms with Crippen LogP contribution in [0.5, 0.6) is 0 Å². The van der Waals surface area contributed by atoms with Crippen LogP contribution in [-0.2, 0) is 16.0 Å². The molecule has 4 rings (SSSR count). The third kappa shape index (κ3) is 3.98. The molecule has 3 heterocycles. The van der Waals surface area contributed by atoms with E-state index in [2.05, 4.69) is 24.0 Å². The molecular formula is C19H29NO3. The van der Waals surface area contributed by atoms with Crippen molar-refractivity contribution in [2.75, 3.05) is 26.3 Å². The van der Waals surface area contributed by atoms with Crippen LogP contribution in [0.2, 0.25) is 0 Å². The Morgan fingerprint density at radius 1 is 1.22 bits per heavy atom. The second kappa shape index (κ2) is 6.96. The number of hydrogen-bond acceptors (Lipinski definition) is 4. The molecule has 0 N–H and O–H groups in total. The van der Waals surface area contributed by atoms with Gasteiger partial charge in [0.05, 0.1) is 25.4 Å². The summed E-state index contributed by atoms with van der Waals surface area (Å²) >= 11 is 0. The van der Waals surface area contributed by atoms with E-state index in [1.165, 1.54) is 25.0 Å². The Balaban J connectivity index is 1.18. The van der Waals surface area contributed by atoms with Crippen LogP contribution < -0.4 is 0 Å². The van der Waals surface area contributed by atoms with Gasteiger partial charge < -0.3 is 13.9 Å². The minimum atomic E-state index is 0.347. The lowest BCUT2D eigenvalue weighted by molar-refractivity contribution is -0.0431. The quantitative estimate of drug-likeness (QED) is 0.803. The van der Waals surface area contributed by atoms with Crippen LogP contribution in [0.15, 0.2) is 16.5 Å². The van der Waals surface area contributed by atoms with Gasteiger partial charge in [-0.2, -0.15) is 0 Å². The van der Waals surface area contributed by atoms with Crippen molar-refractivity contribution in [3.63, 3.8) is 0 Å². The molecule has 3 aliphatic rings. The number of nitrogens with zero attached hydrogens (tertiary/aromatic N) is 1. The average molecular weight is 319 g/mol. The molecule has 3 atom stereocenters. The first kappa shape index (κ1) is 15.7. The Hall–Kier alpha value is -0.840. The molecule has 1 aliphatic carbocycles. The average Bonchev–Trinajstić information content (AvgIpc) is 2.99. The summed E-state index contributed by atoms with van der Waals surface area (Å²) in [7, 11) is 0. The van der Waals surface area contributed by atoms with Crippen LogP contribution in [0.4, 0.5) is 0 Å². The van der Waals surface area contributed by atoms with Gasteiger partial charge in [0.1, 0.15) is 11.5 Å². The summed E-state index contributed by atoms with van der Waals surface area (Å²) in [4.78, 5) is 2.49. The molecule has 128 valence electrons. The summed E-state index contributed by atoms with van der Waals surface area (Å²) in [6, 6.07) is 4.35. The highest BCUT2D eigenvalue weighted by atomic mass is 16.5. The van der Waals surface area contributed by atoms with Crippen molar-refractivity contribution in [3.05, 3.63) is 23.7 Å². The van der Waals surface area contributed by atoms with Crippen molar-refractivity contribution >= 4 is 0 Å². The van der Waals surface area contributed by atoms with E-state index in [1.54, 1.807) is 0 Å². The molecule has 0 spiro atoms. The van der Waals surface area contributed by atoms with Gasteiger partial charge in [-0.05, 0) is 50.2 Å². The number of furan rings is 1. The Morgan fingerprint density at radius 3 is 2.74 bits per heavy atom. The third-order valence-corrected chi connectivity index (χ3v) is 5.61. The summed E-state index contributed by atoms with van der Waals surface area (Å²) in [5.74, 6) is 3.81. The number of hydrogen-bond donors (Lipinski definition) is 0. The van der Waals surface area contributed by atoms with E-state index < -0.39 is 0 Å². The molecule has 1 aromatic heterocycles. The largest absolute Gasteiger partial charge is 0.464 e. The first-order valence-corrected chi connectivity index (χ1v) is 9.32. The van der Waals surface area contributed by atoms with Gasteiger partial charge in [0.15, 0.2) is 0 Å². The van der Waals surface area contributed by atoms with Gasteiger partial charge in [-0.3, -0.25) is 4.90 Å². The molecule has 2 aliphatic heterocycles. The highest BCUT2D eigenvalue weighted by molar-refractivity contribution is 5.17. The van der Waals surface area contributed by atoms with Gasteiger partial charge in [0, 0.05) is 25.6 Å². The highest BCUT2D eigenvalue weighted by Gasteiger charge is 2.36. The number of ether oxygens (including phenoxy) is 2. The molecule has 1 aromatic rings. The zero-order valence-electron chi connectivity index (χ0n) is 14.2. The van der Waals surface area contributed by atoms with Crippen molar-refractivity contribution in [2.24, 2.45) is 5.92 Å². The molecule has 0 aromatic carbocycles. The predicted octanol–water partition coefficient (Wildman–Crippen LogP) is 3.56. The summed E-state index contributed by atoms with van der Waals surface area (Å²) in [6.45, 7) is 7.15. The monoisotopic (exact) mass is 319 g/mol. The van der Waals surface area contributed by atoms with E-state index in [0.29, 0.717) is 18.1 Å². The first-order chi connectivity index (χ1) is 11.3. The Labute approximate surface area is 139 Å². The topological polar surface area (TPSA) is 34.8 Å². The van der Waals surface area contributed by atoms with Gasteiger partial charge in [0.25, 0.3) is 0 Å². The van der Waals surface area contributed by atoms with Crippen LogP contribution >= 0.6 is 0 Å². The van der Waals surface area contributed by atoms with E-state index in [0.717, 1.165) is 57.4 Å². The minimum Gasteiger partial charge on any atom is -0.464 e. The summed E-state index contributed by atoms with van der Waals surface area (Å²) < 4.78 is 17.7. The maximum absolute atomic E-state index is 6.05. The van der Waals surface area contributed by atoms with Gasteiger partial charge in [0.2, 0.25) is 0 Å². The van der Waals surface area contributed by atoms with Crippen molar-refractivity contribution in [3.8, 4) is 0 Å². The van der Waals surface area contributed by atoms with E-state index in [9.17, 15) is 0 Å². The number of rotatable bonds is 6. The molecule has 1 saturated carbocycles. The second-order valence-electron chi connectivity index (χ2n) is 7.57. The van der Waals surface area contributed by atoms with Gasteiger partial charge in [-0.25, -0.2) is 0 Å². The molecule has 0 unspecified atom stereocenters. The van der Waals surface area contributed by atoms with Gasteiger partial charge in [-0.15, -0.1) is 0 Å². The standard InChI is InChI=1S/C19H29NO3/c1-14-11-18(14)19-5-4-16(23-19)12-20-8-6-15(7-9-20)22-13-17-3-2-10-21-17/h4-5,14-15,17-18H,2-3,6-13H2,1H3/t14-,17-,18-/m1/s1. The highest BCUT2D eigenvalue weighted by Crippen LogP contribution is 2.47. The Bertz CT molecular complexity index is 500. The van der Waals surface area contributed by atoms with Crippen molar-refractivity contribution in [2.45, 2.75) is 63.7 Å². The smallest absolute Gasteiger partial charge is 0.118 e. The third-order valence-electron chi connectivity index (χ3n) is 5.61. The van der Waals surface area contributed by atoms with E-state index >= 15 is 0 Å². The molecule has 23 heavy (non-hydrogen) atoms. The van der Waals surface area contributed by atoms with Gasteiger partial charge in [-0.1, -0.05) is 6.92 Å². The molecule has 0 radical (unpaired) electrons. The van der Waals surface area contributed by atoms with E-state index in [1.807, 2.05) is 0 Å². The van der Waals surface area contributed by atoms with E-state index in [4.69, 9.17) is 13.9 Å². The number of piperidine rings is 1. The molecule has 0 bridgehead atoms. The fraction of sp³-hybridized carbons (Fsp3) is 0.789. The van der Waals surface area contributed by atoms with Crippen molar-refractivity contribution in [1.29, 1.82) is 0 Å². The minimum absolute atomic E-state index is 0.347. The van der Waals surface area contributed by atoms with Crippen molar-refractivity contribution in [1.82, 2.24) is 4.90 Å². The van der Waals surface area contributed by atoms with Crippen molar-refractivity contribution < 1.29 is 13.9 Å². The zero-order valence-corrected chi connectivity index (χ0v) is 14.2. The molecule has 4 heteroatoms. The lowest BCUT2D eigenvalue weighted by Gasteiger charge is -2.31. The van der Waals surface area contributed by atoms with E-state index in [-0.39, 0.29) is 0 Å². The lowest BCUT2D eigenvalue weighted by Crippen LogP contribution is -2.37. The second-order valence-corrected chi connectivity index (χ2v) is 7.57. The van der Waals surface area contributed by atoms with Crippen LogP contribution in [-0.4, -0.2) is 43.4 Å². The summed E-state index contributed by atoms with van der Waals surface area (Å²) in [5, 5.41) is 0. The van der Waals surface area contributed by atoms with Crippen LogP contribution in [0.25, 0.3) is 0 Å². The summed E-state index contributed by atoms with van der Waals surface area (Å²) in [6.07, 6.45) is 6.66. The zero-order chi connectivity index (χ0) is 15.6. The lowest BCUT2D eigenvalue weighted by atomic mass is 10.1. The number of likely N-dealkylation sites (tertiary alicyclic amines) is 1. The predicted molar refractivity (Wildman–Crippen MR) is 88.5 cm³/mol. The first-order valence-electron chi connectivity index (χ1n) is 9.32. The molecule has 4 nitrogen and oxygen atoms in total. The molecular weight excluding hydrogens is 290 g/mol. The molecule has 3 fully saturated rings.